The fourth-order valence-corrected chi connectivity index (χ4v) is 1.75. The SMILES string of the molecule is COC(=O)Oc1cccc2c(=O)n(CCC=O)c(=O)oc12. The molecular weight excluding hydrogens is 282 g/mol. The summed E-state index contributed by atoms with van der Waals surface area (Å²) in [4.78, 5) is 45.4. The minimum Gasteiger partial charge on any atom is -0.437 e. The van der Waals surface area contributed by atoms with Crippen molar-refractivity contribution >= 4 is 23.4 Å². The van der Waals surface area contributed by atoms with Crippen LogP contribution in [0.4, 0.5) is 4.79 Å². The molecular formula is C13H11NO7. The number of nitrogens with zero attached hydrogens (tertiary/aromatic N) is 1. The first-order chi connectivity index (χ1) is 10.1. The van der Waals surface area contributed by atoms with Crippen molar-refractivity contribution < 1.29 is 23.5 Å². The van der Waals surface area contributed by atoms with Gasteiger partial charge in [-0.15, -0.1) is 0 Å². The summed E-state index contributed by atoms with van der Waals surface area (Å²) < 4.78 is 15.0. The van der Waals surface area contributed by atoms with Gasteiger partial charge in [-0.05, 0) is 12.1 Å². The summed E-state index contributed by atoms with van der Waals surface area (Å²) in [6.45, 7) is -0.0807. The van der Waals surface area contributed by atoms with Crippen LogP contribution in [0.25, 0.3) is 11.0 Å². The lowest BCUT2D eigenvalue weighted by Crippen LogP contribution is -2.32. The van der Waals surface area contributed by atoms with Crippen molar-refractivity contribution in [3.8, 4) is 5.75 Å². The number of carbonyl (C=O) groups is 2. The largest absolute Gasteiger partial charge is 0.513 e. The normalized spacial score (nSPS) is 10.3. The predicted octanol–water partition coefficient (Wildman–Crippen LogP) is 0.689. The number of benzene rings is 1. The maximum atomic E-state index is 12.2. The van der Waals surface area contributed by atoms with Crippen LogP contribution in [0, 0.1) is 0 Å². The van der Waals surface area contributed by atoms with E-state index in [1.54, 1.807) is 0 Å². The number of carbonyl (C=O) groups excluding carboxylic acids is 2. The van der Waals surface area contributed by atoms with Gasteiger partial charge in [0.1, 0.15) is 6.29 Å². The van der Waals surface area contributed by atoms with E-state index in [1.807, 2.05) is 0 Å². The lowest BCUT2D eigenvalue weighted by molar-refractivity contribution is -0.108. The number of hydrogen-bond donors (Lipinski definition) is 0. The van der Waals surface area contributed by atoms with E-state index in [1.165, 1.54) is 18.2 Å². The molecule has 0 spiro atoms. The first-order valence-electron chi connectivity index (χ1n) is 5.94. The maximum absolute atomic E-state index is 12.2. The Morgan fingerprint density at radius 1 is 1.38 bits per heavy atom. The van der Waals surface area contributed by atoms with Crippen LogP contribution in [0.1, 0.15) is 6.42 Å². The maximum Gasteiger partial charge on any atom is 0.513 e. The monoisotopic (exact) mass is 293 g/mol. The van der Waals surface area contributed by atoms with Crippen molar-refractivity contribution in [2.45, 2.75) is 13.0 Å². The first kappa shape index (κ1) is 14.5. The molecule has 8 heteroatoms. The Hall–Kier alpha value is -2.90. The molecule has 110 valence electrons. The molecule has 0 amide bonds. The third-order valence-electron chi connectivity index (χ3n) is 2.69. The van der Waals surface area contributed by atoms with Gasteiger partial charge in [0.25, 0.3) is 5.56 Å². The van der Waals surface area contributed by atoms with E-state index in [2.05, 4.69) is 4.74 Å². The van der Waals surface area contributed by atoms with Crippen LogP contribution >= 0.6 is 0 Å². The van der Waals surface area contributed by atoms with E-state index in [4.69, 9.17) is 9.15 Å². The third kappa shape index (κ3) is 2.83. The second-order valence-corrected chi connectivity index (χ2v) is 3.97. The highest BCUT2D eigenvalue weighted by Gasteiger charge is 2.15. The van der Waals surface area contributed by atoms with Crippen LogP contribution in [-0.4, -0.2) is 24.1 Å². The fourth-order valence-electron chi connectivity index (χ4n) is 1.75. The number of fused-ring (bicyclic) bond motifs is 1. The van der Waals surface area contributed by atoms with Gasteiger partial charge in [0.2, 0.25) is 0 Å². The van der Waals surface area contributed by atoms with Gasteiger partial charge in [-0.1, -0.05) is 6.07 Å². The summed E-state index contributed by atoms with van der Waals surface area (Å²) in [5.74, 6) is -1.04. The molecule has 0 bridgehead atoms. The predicted molar refractivity (Wildman–Crippen MR) is 70.5 cm³/mol. The molecule has 0 unspecified atom stereocenters. The Balaban J connectivity index is 2.63. The quantitative estimate of drug-likeness (QED) is 0.464. The molecule has 0 aliphatic heterocycles. The van der Waals surface area contributed by atoms with Gasteiger partial charge in [0.05, 0.1) is 12.5 Å². The van der Waals surface area contributed by atoms with E-state index in [0.29, 0.717) is 6.29 Å². The average molecular weight is 293 g/mol. The smallest absolute Gasteiger partial charge is 0.437 e. The third-order valence-corrected chi connectivity index (χ3v) is 2.69. The molecule has 2 aromatic rings. The zero-order valence-electron chi connectivity index (χ0n) is 11.0. The molecule has 21 heavy (non-hydrogen) atoms. The Morgan fingerprint density at radius 3 is 2.81 bits per heavy atom. The number of ether oxygens (including phenoxy) is 2. The van der Waals surface area contributed by atoms with Gasteiger partial charge in [0.15, 0.2) is 11.3 Å². The van der Waals surface area contributed by atoms with Gasteiger partial charge >= 0.3 is 11.9 Å². The Bertz CT molecular complexity index is 802. The highest BCUT2D eigenvalue weighted by molar-refractivity contribution is 5.83. The Kier molecular flexibility index (Phi) is 4.17. The van der Waals surface area contributed by atoms with Crippen molar-refractivity contribution in [2.75, 3.05) is 7.11 Å². The minimum absolute atomic E-state index is 0.00846. The molecule has 1 heterocycles. The number of aldehydes is 1. The topological polar surface area (TPSA) is 105 Å². The zero-order valence-corrected chi connectivity index (χ0v) is 11.0. The summed E-state index contributed by atoms with van der Waals surface area (Å²) in [6, 6.07) is 4.24. The van der Waals surface area contributed by atoms with Crippen molar-refractivity contribution in [1.82, 2.24) is 4.57 Å². The van der Waals surface area contributed by atoms with Gasteiger partial charge < -0.3 is 18.7 Å². The summed E-state index contributed by atoms with van der Waals surface area (Å²) in [5.41, 5.74) is -0.779. The van der Waals surface area contributed by atoms with Gasteiger partial charge in [-0.3, -0.25) is 4.79 Å². The zero-order chi connectivity index (χ0) is 15.4. The summed E-state index contributed by atoms with van der Waals surface area (Å²) in [7, 11) is 1.12. The second-order valence-electron chi connectivity index (χ2n) is 3.97. The molecule has 0 radical (unpaired) electrons. The second kappa shape index (κ2) is 6.04. The standard InChI is InChI=1S/C13H11NO7/c1-19-13(18)20-9-5-2-4-8-10(9)21-12(17)14(11(8)16)6-3-7-15/h2,4-5,7H,3,6H2,1H3. The summed E-state index contributed by atoms with van der Waals surface area (Å²) in [5, 5.41) is 0.0573. The lowest BCUT2D eigenvalue weighted by Gasteiger charge is -2.07. The number of hydrogen-bond acceptors (Lipinski definition) is 7. The summed E-state index contributed by atoms with van der Waals surface area (Å²) in [6.07, 6.45) is -0.406. The van der Waals surface area contributed by atoms with Gasteiger partial charge in [-0.25, -0.2) is 14.2 Å². The molecule has 2 rings (SSSR count). The van der Waals surface area contributed by atoms with Crippen molar-refractivity contribution in [2.24, 2.45) is 0 Å². The molecule has 1 aromatic heterocycles. The van der Waals surface area contributed by atoms with E-state index in [9.17, 15) is 19.2 Å². The highest BCUT2D eigenvalue weighted by atomic mass is 16.7. The van der Waals surface area contributed by atoms with Gasteiger partial charge in [-0.2, -0.15) is 0 Å². The number of aromatic nitrogens is 1. The lowest BCUT2D eigenvalue weighted by atomic mass is 10.2. The van der Waals surface area contributed by atoms with E-state index in [-0.39, 0.29) is 29.7 Å². The van der Waals surface area contributed by atoms with Crippen molar-refractivity contribution in [3.63, 3.8) is 0 Å². The molecule has 0 fully saturated rings. The van der Waals surface area contributed by atoms with E-state index in [0.717, 1.165) is 11.7 Å². The first-order valence-corrected chi connectivity index (χ1v) is 5.94. The van der Waals surface area contributed by atoms with Crippen LogP contribution < -0.4 is 16.1 Å². The number of methoxy groups -OCH3 is 1. The molecule has 0 aliphatic carbocycles. The van der Waals surface area contributed by atoms with Crippen LogP contribution in [0.5, 0.6) is 5.75 Å². The van der Waals surface area contributed by atoms with Crippen LogP contribution in [-0.2, 0) is 16.1 Å². The van der Waals surface area contributed by atoms with Crippen LogP contribution in [0.3, 0.4) is 0 Å². The number of rotatable bonds is 4. The molecule has 0 N–H and O–H groups in total. The van der Waals surface area contributed by atoms with Gasteiger partial charge in [0, 0.05) is 13.0 Å². The van der Waals surface area contributed by atoms with E-state index < -0.39 is 17.5 Å². The van der Waals surface area contributed by atoms with E-state index >= 15 is 0 Å². The van der Waals surface area contributed by atoms with Crippen molar-refractivity contribution in [3.05, 3.63) is 39.1 Å². The minimum atomic E-state index is -1.00. The average Bonchev–Trinajstić information content (AvgIpc) is 2.48. The molecule has 0 atom stereocenters. The molecule has 1 aromatic carbocycles. The molecule has 0 saturated heterocycles. The number of para-hydroxylation sites is 1. The Morgan fingerprint density at radius 2 is 2.14 bits per heavy atom. The fraction of sp³-hybridized carbons (Fsp3) is 0.231. The Labute approximate surface area is 117 Å². The van der Waals surface area contributed by atoms with Crippen LogP contribution in [0.15, 0.2) is 32.2 Å². The summed E-state index contributed by atoms with van der Waals surface area (Å²) >= 11 is 0. The van der Waals surface area contributed by atoms with Crippen LogP contribution in [0.2, 0.25) is 0 Å². The molecule has 8 nitrogen and oxygen atoms in total. The molecule has 0 aliphatic rings. The van der Waals surface area contributed by atoms with Crippen molar-refractivity contribution in [1.29, 1.82) is 0 Å². The molecule has 0 saturated carbocycles. The highest BCUT2D eigenvalue weighted by Crippen LogP contribution is 2.22.